The van der Waals surface area contributed by atoms with Crippen LogP contribution in [0.15, 0.2) is 54.6 Å². The van der Waals surface area contributed by atoms with Gasteiger partial charge in [0, 0.05) is 17.3 Å². The lowest BCUT2D eigenvalue weighted by Gasteiger charge is -2.14. The van der Waals surface area contributed by atoms with Gasteiger partial charge in [-0.1, -0.05) is 23.7 Å². The van der Waals surface area contributed by atoms with Gasteiger partial charge in [-0.2, -0.15) is 5.26 Å². The number of benzene rings is 3. The fraction of sp³-hybridized carbons (Fsp3) is 0.130. The second-order valence-corrected chi connectivity index (χ2v) is 6.74. The molecule has 0 aromatic heterocycles. The number of anilines is 1. The summed E-state index contributed by atoms with van der Waals surface area (Å²) in [5.74, 6) is 1.50. The maximum Gasteiger partial charge on any atom is 0.255 e. The summed E-state index contributed by atoms with van der Waals surface area (Å²) in [7, 11) is 3.09. The molecule has 3 rings (SSSR count). The third-order valence-electron chi connectivity index (χ3n) is 4.39. The van der Waals surface area contributed by atoms with Gasteiger partial charge in [-0.25, -0.2) is 0 Å². The van der Waals surface area contributed by atoms with Crippen molar-refractivity contribution in [2.75, 3.05) is 19.5 Å². The quantitative estimate of drug-likeness (QED) is 0.560. The van der Waals surface area contributed by atoms with Gasteiger partial charge in [0.05, 0.1) is 19.2 Å². The molecule has 30 heavy (non-hydrogen) atoms. The maximum atomic E-state index is 12.8. The van der Waals surface area contributed by atoms with E-state index in [1.165, 1.54) is 7.11 Å². The standard InChI is InChI=1S/C23H19ClN2O4/c1-14-10-21(28-2)22(29-3)12-19(14)26-23(27)15-6-4-7-16(11-15)30-20-9-5-8-18(24)17(20)13-25/h4-12H,1-3H3,(H,26,27). The summed E-state index contributed by atoms with van der Waals surface area (Å²) in [4.78, 5) is 12.8. The molecule has 0 unspecified atom stereocenters. The molecule has 0 radical (unpaired) electrons. The molecule has 0 aliphatic heterocycles. The Balaban J connectivity index is 1.84. The van der Waals surface area contributed by atoms with Crippen LogP contribution in [-0.2, 0) is 0 Å². The molecule has 6 nitrogen and oxygen atoms in total. The molecule has 0 spiro atoms. The molecule has 0 saturated carbocycles. The molecule has 1 N–H and O–H groups in total. The molecule has 0 heterocycles. The van der Waals surface area contributed by atoms with Crippen LogP contribution in [0.4, 0.5) is 5.69 Å². The second-order valence-electron chi connectivity index (χ2n) is 6.33. The number of aryl methyl sites for hydroxylation is 1. The topological polar surface area (TPSA) is 80.6 Å². The maximum absolute atomic E-state index is 12.8. The number of methoxy groups -OCH3 is 2. The smallest absolute Gasteiger partial charge is 0.255 e. The number of hydrogen-bond donors (Lipinski definition) is 1. The van der Waals surface area contributed by atoms with Gasteiger partial charge in [0.15, 0.2) is 11.5 Å². The fourth-order valence-electron chi connectivity index (χ4n) is 2.84. The van der Waals surface area contributed by atoms with E-state index in [0.717, 1.165) is 5.56 Å². The number of rotatable bonds is 6. The molecule has 0 saturated heterocycles. The van der Waals surface area contributed by atoms with Crippen molar-refractivity contribution in [1.29, 1.82) is 5.26 Å². The Labute approximate surface area is 179 Å². The molecule has 0 fully saturated rings. The Morgan fingerprint density at radius 3 is 2.40 bits per heavy atom. The minimum Gasteiger partial charge on any atom is -0.493 e. The second kappa shape index (κ2) is 9.21. The van der Waals surface area contributed by atoms with E-state index in [1.54, 1.807) is 61.7 Å². The minimum absolute atomic E-state index is 0.231. The Morgan fingerprint density at radius 2 is 1.70 bits per heavy atom. The van der Waals surface area contributed by atoms with Crippen LogP contribution in [0.2, 0.25) is 5.02 Å². The van der Waals surface area contributed by atoms with Crippen molar-refractivity contribution in [3.63, 3.8) is 0 Å². The molecule has 1 amide bonds. The predicted octanol–water partition coefficient (Wildman–Crippen LogP) is 5.58. The minimum atomic E-state index is -0.317. The van der Waals surface area contributed by atoms with Gasteiger partial charge in [0.2, 0.25) is 0 Å². The summed E-state index contributed by atoms with van der Waals surface area (Å²) < 4.78 is 16.4. The van der Waals surface area contributed by atoms with Crippen LogP contribution in [0, 0.1) is 18.3 Å². The first-order valence-corrected chi connectivity index (χ1v) is 9.35. The van der Waals surface area contributed by atoms with Gasteiger partial charge in [0.25, 0.3) is 5.91 Å². The zero-order valence-electron chi connectivity index (χ0n) is 16.7. The average Bonchev–Trinajstić information content (AvgIpc) is 2.75. The van der Waals surface area contributed by atoms with Gasteiger partial charge in [-0.3, -0.25) is 4.79 Å². The van der Waals surface area contributed by atoms with E-state index >= 15 is 0 Å². The highest BCUT2D eigenvalue weighted by molar-refractivity contribution is 6.31. The SMILES string of the molecule is COc1cc(C)c(NC(=O)c2cccc(Oc3cccc(Cl)c3C#N)c2)cc1OC. The van der Waals surface area contributed by atoms with Crippen LogP contribution in [0.1, 0.15) is 21.5 Å². The van der Waals surface area contributed by atoms with Gasteiger partial charge < -0.3 is 19.5 Å². The van der Waals surface area contributed by atoms with Gasteiger partial charge >= 0.3 is 0 Å². The number of nitrogens with one attached hydrogen (secondary N) is 1. The number of nitriles is 1. The molecule has 0 atom stereocenters. The number of carbonyl (C=O) groups excluding carboxylic acids is 1. The molecular formula is C23H19ClN2O4. The van der Waals surface area contributed by atoms with Crippen molar-refractivity contribution in [3.8, 4) is 29.1 Å². The van der Waals surface area contributed by atoms with Crippen LogP contribution in [0.5, 0.6) is 23.0 Å². The van der Waals surface area contributed by atoms with Crippen molar-refractivity contribution >= 4 is 23.2 Å². The summed E-state index contributed by atoms with van der Waals surface area (Å²) >= 11 is 6.04. The summed E-state index contributed by atoms with van der Waals surface area (Å²) in [5.41, 5.74) is 2.05. The molecule has 0 aliphatic rings. The Bertz CT molecular complexity index is 1140. The van der Waals surface area contributed by atoms with Crippen LogP contribution in [0.3, 0.4) is 0 Å². The van der Waals surface area contributed by atoms with E-state index in [1.807, 2.05) is 13.0 Å². The molecular weight excluding hydrogens is 404 g/mol. The van der Waals surface area contributed by atoms with Gasteiger partial charge in [0.1, 0.15) is 23.1 Å². The first kappa shape index (κ1) is 21.0. The lowest BCUT2D eigenvalue weighted by atomic mass is 10.1. The number of ether oxygens (including phenoxy) is 3. The Hall–Kier alpha value is -3.69. The van der Waals surface area contributed by atoms with Crippen LogP contribution in [0.25, 0.3) is 0 Å². The summed E-state index contributed by atoms with van der Waals surface area (Å²) in [5, 5.41) is 12.5. The number of amides is 1. The number of nitrogens with zero attached hydrogens (tertiary/aromatic N) is 1. The van der Waals surface area contributed by atoms with Crippen molar-refractivity contribution < 1.29 is 19.0 Å². The molecule has 3 aromatic rings. The zero-order chi connectivity index (χ0) is 21.7. The summed E-state index contributed by atoms with van der Waals surface area (Å²) in [6, 6.07) is 17.1. The summed E-state index contributed by atoms with van der Waals surface area (Å²) in [6.45, 7) is 1.86. The van der Waals surface area contributed by atoms with E-state index in [-0.39, 0.29) is 11.5 Å². The van der Waals surface area contributed by atoms with Crippen molar-refractivity contribution in [2.45, 2.75) is 6.92 Å². The monoisotopic (exact) mass is 422 g/mol. The highest BCUT2D eigenvalue weighted by Crippen LogP contribution is 2.33. The number of halogens is 1. The van der Waals surface area contributed by atoms with Crippen LogP contribution < -0.4 is 19.5 Å². The Morgan fingerprint density at radius 1 is 1.00 bits per heavy atom. The van der Waals surface area contributed by atoms with E-state index in [9.17, 15) is 10.1 Å². The first-order valence-electron chi connectivity index (χ1n) is 8.97. The summed E-state index contributed by atoms with van der Waals surface area (Å²) in [6.07, 6.45) is 0. The van der Waals surface area contributed by atoms with Crippen molar-refractivity contribution in [2.24, 2.45) is 0 Å². The lowest BCUT2D eigenvalue weighted by molar-refractivity contribution is 0.102. The number of carbonyl (C=O) groups is 1. The van der Waals surface area contributed by atoms with E-state index in [4.69, 9.17) is 25.8 Å². The fourth-order valence-corrected chi connectivity index (χ4v) is 3.04. The lowest BCUT2D eigenvalue weighted by Crippen LogP contribution is -2.13. The highest BCUT2D eigenvalue weighted by atomic mass is 35.5. The van der Waals surface area contributed by atoms with Crippen LogP contribution in [-0.4, -0.2) is 20.1 Å². The van der Waals surface area contributed by atoms with Gasteiger partial charge in [-0.05, 0) is 48.9 Å². The molecule has 7 heteroatoms. The van der Waals surface area contributed by atoms with Crippen molar-refractivity contribution in [1.82, 2.24) is 0 Å². The van der Waals surface area contributed by atoms with E-state index in [0.29, 0.717) is 39.3 Å². The molecule has 3 aromatic carbocycles. The third-order valence-corrected chi connectivity index (χ3v) is 4.70. The average molecular weight is 423 g/mol. The van der Waals surface area contributed by atoms with E-state index in [2.05, 4.69) is 5.32 Å². The van der Waals surface area contributed by atoms with Gasteiger partial charge in [-0.15, -0.1) is 0 Å². The highest BCUT2D eigenvalue weighted by Gasteiger charge is 2.14. The van der Waals surface area contributed by atoms with Crippen LogP contribution >= 0.6 is 11.6 Å². The predicted molar refractivity (Wildman–Crippen MR) is 115 cm³/mol. The Kier molecular flexibility index (Phi) is 6.45. The van der Waals surface area contributed by atoms with E-state index < -0.39 is 0 Å². The number of hydrogen-bond acceptors (Lipinski definition) is 5. The molecule has 152 valence electrons. The van der Waals surface area contributed by atoms with Crippen molar-refractivity contribution in [3.05, 3.63) is 76.3 Å². The molecule has 0 bridgehead atoms. The third kappa shape index (κ3) is 4.48. The molecule has 0 aliphatic carbocycles. The zero-order valence-corrected chi connectivity index (χ0v) is 17.4. The first-order chi connectivity index (χ1) is 14.5. The largest absolute Gasteiger partial charge is 0.493 e. The normalized spacial score (nSPS) is 10.1.